The fourth-order valence-electron chi connectivity index (χ4n) is 3.45. The Hall–Kier alpha value is -2.04. The fraction of sp³-hybridized carbons (Fsp3) is 0.350. The van der Waals surface area contributed by atoms with Gasteiger partial charge < -0.3 is 14.4 Å². The normalized spacial score (nSPS) is 15.9. The average molecular weight is 355 g/mol. The molecule has 2 heterocycles. The summed E-state index contributed by atoms with van der Waals surface area (Å²) >= 11 is 6.04. The first kappa shape index (κ1) is 16.4. The van der Waals surface area contributed by atoms with Crippen LogP contribution in [0.25, 0.3) is 11.0 Å². The third-order valence-electron chi connectivity index (χ3n) is 5.00. The standard InChI is InChI=1S/C20H23ClN4/c1-15-4-3-5-18-19(15)22-20(24-12-10-23(2)11-13-24)25(18)14-16-6-8-17(21)9-7-16/h3-9H,10-14H2,1-2H3. The second-order valence-corrected chi connectivity index (χ2v) is 7.29. The van der Waals surface area contributed by atoms with Crippen molar-refractivity contribution >= 4 is 28.6 Å². The molecule has 1 saturated heterocycles. The Kier molecular flexibility index (Phi) is 4.40. The zero-order valence-electron chi connectivity index (χ0n) is 14.7. The van der Waals surface area contributed by atoms with Gasteiger partial charge in [-0.2, -0.15) is 0 Å². The molecular weight excluding hydrogens is 332 g/mol. The first-order valence-corrected chi connectivity index (χ1v) is 9.13. The summed E-state index contributed by atoms with van der Waals surface area (Å²) in [4.78, 5) is 9.80. The number of halogens is 1. The van der Waals surface area contributed by atoms with Gasteiger partial charge in [-0.1, -0.05) is 35.9 Å². The molecule has 0 bridgehead atoms. The van der Waals surface area contributed by atoms with Crippen LogP contribution in [0.2, 0.25) is 5.02 Å². The number of imidazole rings is 1. The number of anilines is 1. The average Bonchev–Trinajstić information content (AvgIpc) is 2.98. The lowest BCUT2D eigenvalue weighted by molar-refractivity contribution is 0.310. The van der Waals surface area contributed by atoms with E-state index in [1.54, 1.807) is 0 Å². The van der Waals surface area contributed by atoms with Gasteiger partial charge in [-0.15, -0.1) is 0 Å². The van der Waals surface area contributed by atoms with Crippen molar-refractivity contribution in [1.29, 1.82) is 0 Å². The van der Waals surface area contributed by atoms with Crippen molar-refractivity contribution in [3.8, 4) is 0 Å². The Balaban J connectivity index is 1.78. The van der Waals surface area contributed by atoms with Crippen molar-refractivity contribution in [2.24, 2.45) is 0 Å². The number of benzene rings is 2. The first-order chi connectivity index (χ1) is 12.1. The van der Waals surface area contributed by atoms with E-state index in [-0.39, 0.29) is 0 Å². The highest BCUT2D eigenvalue weighted by atomic mass is 35.5. The van der Waals surface area contributed by atoms with E-state index < -0.39 is 0 Å². The molecule has 0 unspecified atom stereocenters. The van der Waals surface area contributed by atoms with E-state index in [0.29, 0.717) is 0 Å². The van der Waals surface area contributed by atoms with Gasteiger partial charge >= 0.3 is 0 Å². The van der Waals surface area contributed by atoms with Gasteiger partial charge in [-0.05, 0) is 43.3 Å². The van der Waals surface area contributed by atoms with Crippen LogP contribution in [0, 0.1) is 6.92 Å². The summed E-state index contributed by atoms with van der Waals surface area (Å²) in [6.45, 7) is 7.11. The van der Waals surface area contributed by atoms with Gasteiger partial charge in [0.1, 0.15) is 0 Å². The molecule has 1 aromatic heterocycles. The lowest BCUT2D eigenvalue weighted by Gasteiger charge is -2.33. The number of fused-ring (bicyclic) bond motifs is 1. The second kappa shape index (κ2) is 6.70. The number of hydrogen-bond donors (Lipinski definition) is 0. The predicted molar refractivity (Wildman–Crippen MR) is 105 cm³/mol. The van der Waals surface area contributed by atoms with Crippen LogP contribution in [-0.2, 0) is 6.54 Å². The molecule has 130 valence electrons. The highest BCUT2D eigenvalue weighted by Crippen LogP contribution is 2.27. The third kappa shape index (κ3) is 3.24. The van der Waals surface area contributed by atoms with Crippen LogP contribution in [0.3, 0.4) is 0 Å². The Labute approximate surface area is 153 Å². The summed E-state index contributed by atoms with van der Waals surface area (Å²) < 4.78 is 2.34. The molecule has 3 aromatic rings. The maximum atomic E-state index is 6.04. The molecule has 0 N–H and O–H groups in total. The van der Waals surface area contributed by atoms with Crippen LogP contribution in [0.4, 0.5) is 5.95 Å². The number of aromatic nitrogens is 2. The van der Waals surface area contributed by atoms with Gasteiger partial charge in [0.05, 0.1) is 17.6 Å². The Morgan fingerprint density at radius 2 is 1.72 bits per heavy atom. The molecule has 4 rings (SSSR count). The van der Waals surface area contributed by atoms with Crippen LogP contribution in [0.5, 0.6) is 0 Å². The molecule has 1 aliphatic rings. The maximum absolute atomic E-state index is 6.04. The van der Waals surface area contributed by atoms with E-state index in [1.807, 2.05) is 12.1 Å². The molecule has 4 nitrogen and oxygen atoms in total. The van der Waals surface area contributed by atoms with Gasteiger partial charge in [0, 0.05) is 31.2 Å². The first-order valence-electron chi connectivity index (χ1n) is 8.75. The van der Waals surface area contributed by atoms with Crippen molar-refractivity contribution in [2.75, 3.05) is 38.1 Å². The largest absolute Gasteiger partial charge is 0.340 e. The summed E-state index contributed by atoms with van der Waals surface area (Å²) in [5.41, 5.74) is 4.76. The molecule has 0 radical (unpaired) electrons. The van der Waals surface area contributed by atoms with Gasteiger partial charge in [0.25, 0.3) is 0 Å². The molecule has 1 fully saturated rings. The van der Waals surface area contributed by atoms with E-state index in [1.165, 1.54) is 16.6 Å². The van der Waals surface area contributed by atoms with E-state index in [2.05, 4.69) is 58.7 Å². The molecule has 1 aliphatic heterocycles. The van der Waals surface area contributed by atoms with Crippen LogP contribution >= 0.6 is 11.6 Å². The molecule has 0 saturated carbocycles. The van der Waals surface area contributed by atoms with Gasteiger partial charge in [-0.25, -0.2) is 4.98 Å². The molecule has 2 aromatic carbocycles. The van der Waals surface area contributed by atoms with Crippen molar-refractivity contribution in [2.45, 2.75) is 13.5 Å². The summed E-state index contributed by atoms with van der Waals surface area (Å²) in [5, 5.41) is 0.773. The number of piperazine rings is 1. The Morgan fingerprint density at radius 3 is 2.44 bits per heavy atom. The topological polar surface area (TPSA) is 24.3 Å². The van der Waals surface area contributed by atoms with Gasteiger partial charge in [0.15, 0.2) is 0 Å². The Morgan fingerprint density at radius 1 is 1.00 bits per heavy atom. The van der Waals surface area contributed by atoms with Gasteiger partial charge in [-0.3, -0.25) is 0 Å². The molecule has 25 heavy (non-hydrogen) atoms. The zero-order valence-corrected chi connectivity index (χ0v) is 15.5. The van der Waals surface area contributed by atoms with Crippen LogP contribution in [0.1, 0.15) is 11.1 Å². The van der Waals surface area contributed by atoms with E-state index in [4.69, 9.17) is 16.6 Å². The summed E-state index contributed by atoms with van der Waals surface area (Å²) in [6.07, 6.45) is 0. The SMILES string of the molecule is Cc1cccc2c1nc(N1CCN(C)CC1)n2Cc1ccc(Cl)cc1. The number of nitrogens with zero attached hydrogens (tertiary/aromatic N) is 4. The quantitative estimate of drug-likeness (QED) is 0.715. The monoisotopic (exact) mass is 354 g/mol. The number of rotatable bonds is 3. The highest BCUT2D eigenvalue weighted by Gasteiger charge is 2.21. The molecule has 0 spiro atoms. The minimum Gasteiger partial charge on any atom is -0.340 e. The van der Waals surface area contributed by atoms with Crippen molar-refractivity contribution in [1.82, 2.24) is 14.5 Å². The number of likely N-dealkylation sites (N-methyl/N-ethyl adjacent to an activating group) is 1. The Bertz CT molecular complexity index is 877. The fourth-order valence-corrected chi connectivity index (χ4v) is 3.58. The molecule has 0 amide bonds. The second-order valence-electron chi connectivity index (χ2n) is 6.86. The van der Waals surface area contributed by atoms with Gasteiger partial charge in [0.2, 0.25) is 5.95 Å². The summed E-state index contributed by atoms with van der Waals surface area (Å²) in [7, 11) is 2.18. The predicted octanol–water partition coefficient (Wildman–Crippen LogP) is 3.80. The van der Waals surface area contributed by atoms with E-state index in [9.17, 15) is 0 Å². The molecule has 5 heteroatoms. The summed E-state index contributed by atoms with van der Waals surface area (Å²) in [5.74, 6) is 1.08. The number of aryl methyl sites for hydroxylation is 1. The highest BCUT2D eigenvalue weighted by molar-refractivity contribution is 6.30. The number of hydrogen-bond acceptors (Lipinski definition) is 3. The molecular formula is C20H23ClN4. The minimum atomic E-state index is 0.773. The lowest BCUT2D eigenvalue weighted by atomic mass is 10.2. The van der Waals surface area contributed by atoms with E-state index in [0.717, 1.165) is 49.2 Å². The lowest BCUT2D eigenvalue weighted by Crippen LogP contribution is -2.45. The van der Waals surface area contributed by atoms with Crippen LogP contribution < -0.4 is 4.90 Å². The summed E-state index contributed by atoms with van der Waals surface area (Å²) in [6, 6.07) is 14.5. The van der Waals surface area contributed by atoms with Crippen LogP contribution in [-0.4, -0.2) is 47.7 Å². The van der Waals surface area contributed by atoms with Crippen molar-refractivity contribution < 1.29 is 0 Å². The van der Waals surface area contributed by atoms with E-state index >= 15 is 0 Å². The van der Waals surface area contributed by atoms with Crippen molar-refractivity contribution in [3.63, 3.8) is 0 Å². The number of para-hydroxylation sites is 1. The smallest absolute Gasteiger partial charge is 0.206 e. The van der Waals surface area contributed by atoms with Crippen LogP contribution in [0.15, 0.2) is 42.5 Å². The third-order valence-corrected chi connectivity index (χ3v) is 5.25. The molecule has 0 atom stereocenters. The maximum Gasteiger partial charge on any atom is 0.206 e. The molecule has 0 aliphatic carbocycles. The van der Waals surface area contributed by atoms with Crippen molar-refractivity contribution in [3.05, 3.63) is 58.6 Å². The zero-order chi connectivity index (χ0) is 17.4. The minimum absolute atomic E-state index is 0.773.